The molecule has 0 bridgehead atoms. The minimum Gasteiger partial charge on any atom is -0.330 e. The molecular formula is C14H27N3. The van der Waals surface area contributed by atoms with E-state index in [1.165, 1.54) is 58.5 Å². The fraction of sp³-hybridized carbons (Fsp3) is 0.857. The molecule has 1 aliphatic rings. The van der Waals surface area contributed by atoms with E-state index in [0.29, 0.717) is 0 Å². The molecule has 0 atom stereocenters. The topological polar surface area (TPSA) is 32.5 Å². The van der Waals surface area contributed by atoms with E-state index < -0.39 is 0 Å². The first-order valence-corrected chi connectivity index (χ1v) is 6.95. The Morgan fingerprint density at radius 1 is 0.882 bits per heavy atom. The van der Waals surface area contributed by atoms with E-state index >= 15 is 0 Å². The van der Waals surface area contributed by atoms with Crippen molar-refractivity contribution in [2.45, 2.75) is 32.1 Å². The number of unbranched alkanes of at least 4 members (excludes halogenated alkanes) is 3. The number of rotatable bonds is 8. The highest BCUT2D eigenvalue weighted by molar-refractivity contribution is 4.82. The summed E-state index contributed by atoms with van der Waals surface area (Å²) in [7, 11) is 0. The third kappa shape index (κ3) is 6.68. The molecule has 0 spiro atoms. The van der Waals surface area contributed by atoms with E-state index in [-0.39, 0.29) is 0 Å². The number of nitrogens with zero attached hydrogens (tertiary/aromatic N) is 2. The van der Waals surface area contributed by atoms with Crippen LogP contribution in [0.3, 0.4) is 0 Å². The number of hydrogen-bond acceptors (Lipinski definition) is 3. The minimum absolute atomic E-state index is 0.815. The second-order valence-corrected chi connectivity index (χ2v) is 4.84. The van der Waals surface area contributed by atoms with Gasteiger partial charge in [-0.05, 0) is 38.9 Å². The molecule has 0 aromatic carbocycles. The zero-order chi connectivity index (χ0) is 12.3. The summed E-state index contributed by atoms with van der Waals surface area (Å²) in [6, 6.07) is 0. The van der Waals surface area contributed by atoms with E-state index in [9.17, 15) is 0 Å². The summed E-state index contributed by atoms with van der Waals surface area (Å²) in [6.45, 7) is 8.10. The summed E-state index contributed by atoms with van der Waals surface area (Å²) < 4.78 is 0. The van der Waals surface area contributed by atoms with Crippen molar-refractivity contribution in [1.29, 1.82) is 0 Å². The van der Waals surface area contributed by atoms with Crippen molar-refractivity contribution in [1.82, 2.24) is 9.80 Å². The molecule has 0 unspecified atom stereocenters. The normalized spacial score (nSPS) is 18.1. The molecule has 3 nitrogen and oxygen atoms in total. The highest BCUT2D eigenvalue weighted by atomic mass is 15.3. The Morgan fingerprint density at radius 3 is 2.00 bits per heavy atom. The van der Waals surface area contributed by atoms with E-state index in [1.54, 1.807) is 0 Å². The van der Waals surface area contributed by atoms with Crippen LogP contribution in [0.1, 0.15) is 32.1 Å². The van der Waals surface area contributed by atoms with E-state index in [2.05, 4.69) is 15.7 Å². The van der Waals surface area contributed by atoms with Gasteiger partial charge < -0.3 is 15.5 Å². The molecule has 0 aromatic rings. The molecule has 1 saturated heterocycles. The molecule has 0 aliphatic carbocycles. The third-order valence-corrected chi connectivity index (χ3v) is 3.44. The molecule has 3 heteroatoms. The second kappa shape index (κ2) is 9.47. The van der Waals surface area contributed by atoms with Crippen molar-refractivity contribution in [2.24, 2.45) is 5.73 Å². The van der Waals surface area contributed by atoms with Crippen LogP contribution >= 0.6 is 0 Å². The first kappa shape index (κ1) is 14.5. The Balaban J connectivity index is 1.97. The monoisotopic (exact) mass is 237 g/mol. The van der Waals surface area contributed by atoms with Crippen molar-refractivity contribution in [2.75, 3.05) is 45.8 Å². The van der Waals surface area contributed by atoms with Crippen LogP contribution in [0.15, 0.2) is 0 Å². The van der Waals surface area contributed by atoms with Crippen molar-refractivity contribution in [3.05, 3.63) is 0 Å². The lowest BCUT2D eigenvalue weighted by atomic mass is 10.2. The largest absolute Gasteiger partial charge is 0.330 e. The standard InChI is InChI=1S/C14H27N3/c1-2-3-4-5-6-9-16-11-13-17(14-12-16)10-7-8-15/h1H,3-15H2. The lowest BCUT2D eigenvalue weighted by molar-refractivity contribution is 0.130. The van der Waals surface area contributed by atoms with Crippen LogP contribution in [0, 0.1) is 12.3 Å². The second-order valence-electron chi connectivity index (χ2n) is 4.84. The molecule has 98 valence electrons. The van der Waals surface area contributed by atoms with Crippen LogP contribution in [-0.4, -0.2) is 55.6 Å². The summed E-state index contributed by atoms with van der Waals surface area (Å²) in [5, 5.41) is 0. The van der Waals surface area contributed by atoms with Gasteiger partial charge in [-0.25, -0.2) is 0 Å². The molecule has 17 heavy (non-hydrogen) atoms. The molecule has 0 saturated carbocycles. The minimum atomic E-state index is 0.815. The maximum absolute atomic E-state index is 5.53. The molecule has 0 radical (unpaired) electrons. The third-order valence-electron chi connectivity index (χ3n) is 3.44. The number of terminal acetylenes is 1. The Bertz CT molecular complexity index is 214. The predicted octanol–water partition coefficient (Wildman–Crippen LogP) is 1.15. The van der Waals surface area contributed by atoms with Crippen LogP contribution < -0.4 is 5.73 Å². The van der Waals surface area contributed by atoms with E-state index in [1.807, 2.05) is 0 Å². The maximum Gasteiger partial charge on any atom is 0.0110 e. The summed E-state index contributed by atoms with van der Waals surface area (Å²) in [6.07, 6.45) is 11.1. The number of nitrogens with two attached hydrogens (primary N) is 1. The van der Waals surface area contributed by atoms with Crippen LogP contribution in [0.25, 0.3) is 0 Å². The average Bonchev–Trinajstić information content (AvgIpc) is 2.37. The molecule has 2 N–H and O–H groups in total. The average molecular weight is 237 g/mol. The van der Waals surface area contributed by atoms with E-state index in [4.69, 9.17) is 12.2 Å². The van der Waals surface area contributed by atoms with Crippen molar-refractivity contribution in [3.63, 3.8) is 0 Å². The SMILES string of the molecule is C#CCCCCCN1CCN(CCCN)CC1. The molecule has 0 amide bonds. The molecule has 1 rings (SSSR count). The number of piperazine rings is 1. The van der Waals surface area contributed by atoms with E-state index in [0.717, 1.165) is 19.4 Å². The van der Waals surface area contributed by atoms with Gasteiger partial charge in [0.1, 0.15) is 0 Å². The van der Waals surface area contributed by atoms with Gasteiger partial charge in [0.05, 0.1) is 0 Å². The van der Waals surface area contributed by atoms with Gasteiger partial charge in [-0.1, -0.05) is 6.42 Å². The summed E-state index contributed by atoms with van der Waals surface area (Å²) in [5.74, 6) is 2.70. The molecule has 1 fully saturated rings. The van der Waals surface area contributed by atoms with Crippen molar-refractivity contribution < 1.29 is 0 Å². The van der Waals surface area contributed by atoms with Gasteiger partial charge in [-0.15, -0.1) is 12.3 Å². The van der Waals surface area contributed by atoms with Crippen molar-refractivity contribution in [3.8, 4) is 12.3 Å². The lowest BCUT2D eigenvalue weighted by Crippen LogP contribution is -2.46. The van der Waals surface area contributed by atoms with Crippen LogP contribution in [-0.2, 0) is 0 Å². The van der Waals surface area contributed by atoms with Gasteiger partial charge in [0.2, 0.25) is 0 Å². The first-order chi connectivity index (χ1) is 8.36. The zero-order valence-corrected chi connectivity index (χ0v) is 11.0. The summed E-state index contributed by atoms with van der Waals surface area (Å²) in [4.78, 5) is 5.11. The quantitative estimate of drug-likeness (QED) is 0.508. The van der Waals surface area contributed by atoms with Gasteiger partial charge in [0, 0.05) is 32.6 Å². The Kier molecular flexibility index (Phi) is 8.08. The summed E-state index contributed by atoms with van der Waals surface area (Å²) >= 11 is 0. The van der Waals surface area contributed by atoms with Gasteiger partial charge in [0.15, 0.2) is 0 Å². The summed E-state index contributed by atoms with van der Waals surface area (Å²) in [5.41, 5.74) is 5.53. The Hall–Kier alpha value is -0.560. The van der Waals surface area contributed by atoms with Crippen LogP contribution in [0.2, 0.25) is 0 Å². The maximum atomic E-state index is 5.53. The van der Waals surface area contributed by atoms with Gasteiger partial charge in [-0.2, -0.15) is 0 Å². The van der Waals surface area contributed by atoms with Crippen molar-refractivity contribution >= 4 is 0 Å². The van der Waals surface area contributed by atoms with Gasteiger partial charge >= 0.3 is 0 Å². The first-order valence-electron chi connectivity index (χ1n) is 6.95. The van der Waals surface area contributed by atoms with Gasteiger partial charge in [0.25, 0.3) is 0 Å². The zero-order valence-electron chi connectivity index (χ0n) is 11.0. The highest BCUT2D eigenvalue weighted by Gasteiger charge is 2.15. The fourth-order valence-corrected chi connectivity index (χ4v) is 2.29. The molecule has 1 heterocycles. The predicted molar refractivity (Wildman–Crippen MR) is 73.9 cm³/mol. The Labute approximate surface area is 106 Å². The molecule has 1 aliphatic heterocycles. The van der Waals surface area contributed by atoms with Crippen LogP contribution in [0.5, 0.6) is 0 Å². The molecular weight excluding hydrogens is 210 g/mol. The Morgan fingerprint density at radius 2 is 1.47 bits per heavy atom. The lowest BCUT2D eigenvalue weighted by Gasteiger charge is -2.34. The molecule has 0 aromatic heterocycles. The fourth-order valence-electron chi connectivity index (χ4n) is 2.29. The smallest absolute Gasteiger partial charge is 0.0110 e. The van der Waals surface area contributed by atoms with Crippen LogP contribution in [0.4, 0.5) is 0 Å². The number of hydrogen-bond donors (Lipinski definition) is 1. The van der Waals surface area contributed by atoms with Gasteiger partial charge in [-0.3, -0.25) is 0 Å². The highest BCUT2D eigenvalue weighted by Crippen LogP contribution is 2.05.